The molecule has 0 fully saturated rings. The lowest BCUT2D eigenvalue weighted by Gasteiger charge is -2.27. The maximum absolute atomic E-state index is 10.9. The van der Waals surface area contributed by atoms with Gasteiger partial charge in [-0.15, -0.1) is 0 Å². The molecule has 1 rings (SSSR count). The molecule has 0 saturated carbocycles. The van der Waals surface area contributed by atoms with Crippen molar-refractivity contribution in [2.24, 2.45) is 0 Å². The van der Waals surface area contributed by atoms with Gasteiger partial charge >= 0.3 is 6.09 Å². The summed E-state index contributed by atoms with van der Waals surface area (Å²) in [4.78, 5) is 10.9. The van der Waals surface area contributed by atoms with Crippen molar-refractivity contribution in [1.29, 1.82) is 0 Å². The zero-order valence-electron chi connectivity index (χ0n) is 8.13. The molecule has 0 saturated heterocycles. The Morgan fingerprint density at radius 2 is 1.86 bits per heavy atom. The number of hydrogen-bond donors (Lipinski definition) is 1. The van der Waals surface area contributed by atoms with E-state index in [9.17, 15) is 4.79 Å². The van der Waals surface area contributed by atoms with Crippen molar-refractivity contribution in [2.75, 3.05) is 6.54 Å². The van der Waals surface area contributed by atoms with Gasteiger partial charge in [0.05, 0.1) is 0 Å². The van der Waals surface area contributed by atoms with Gasteiger partial charge in [0, 0.05) is 18.9 Å². The molecule has 4 heteroatoms. The maximum Gasteiger partial charge on any atom is 0.426 e. The standard InChI is InChI=1S/C10H14N2O2/c1-2-7-12(10(13)14)11-8-5-3-4-6-9-11/h3-6,8-9H,2,7H2,1H3,(H,13,14). The summed E-state index contributed by atoms with van der Waals surface area (Å²) in [5, 5.41) is 11.8. The smallest absolute Gasteiger partial charge is 0.426 e. The number of amides is 1. The Morgan fingerprint density at radius 1 is 1.29 bits per heavy atom. The second-order valence-corrected chi connectivity index (χ2v) is 2.85. The van der Waals surface area contributed by atoms with Crippen molar-refractivity contribution in [2.45, 2.75) is 13.3 Å². The molecule has 1 N–H and O–H groups in total. The van der Waals surface area contributed by atoms with Gasteiger partial charge in [-0.3, -0.25) is 5.01 Å². The third kappa shape index (κ3) is 2.65. The van der Waals surface area contributed by atoms with E-state index in [4.69, 9.17) is 5.11 Å². The van der Waals surface area contributed by atoms with Crippen LogP contribution in [0.25, 0.3) is 0 Å². The van der Waals surface area contributed by atoms with E-state index in [1.165, 1.54) is 5.01 Å². The van der Waals surface area contributed by atoms with Crippen molar-refractivity contribution < 1.29 is 9.90 Å². The molecule has 0 spiro atoms. The van der Waals surface area contributed by atoms with Crippen LogP contribution in [-0.2, 0) is 0 Å². The Bertz CT molecular complexity index is 266. The van der Waals surface area contributed by atoms with E-state index in [-0.39, 0.29) is 0 Å². The fraction of sp³-hybridized carbons (Fsp3) is 0.300. The largest absolute Gasteiger partial charge is 0.464 e. The van der Waals surface area contributed by atoms with E-state index in [1.807, 2.05) is 19.1 Å². The van der Waals surface area contributed by atoms with Crippen LogP contribution in [0.4, 0.5) is 4.79 Å². The maximum atomic E-state index is 10.9. The van der Waals surface area contributed by atoms with Crippen molar-refractivity contribution >= 4 is 6.09 Å². The molecular weight excluding hydrogens is 180 g/mol. The van der Waals surface area contributed by atoms with Gasteiger partial charge in [0.25, 0.3) is 0 Å². The van der Waals surface area contributed by atoms with Gasteiger partial charge in [-0.1, -0.05) is 19.1 Å². The molecule has 0 radical (unpaired) electrons. The minimum Gasteiger partial charge on any atom is -0.464 e. The van der Waals surface area contributed by atoms with Crippen LogP contribution in [0.15, 0.2) is 36.7 Å². The molecule has 0 aromatic heterocycles. The Hall–Kier alpha value is -1.71. The van der Waals surface area contributed by atoms with Gasteiger partial charge in [0.15, 0.2) is 0 Å². The van der Waals surface area contributed by atoms with Crippen LogP contribution in [0, 0.1) is 0 Å². The van der Waals surface area contributed by atoms with Crippen LogP contribution in [0.3, 0.4) is 0 Å². The summed E-state index contributed by atoms with van der Waals surface area (Å²) in [7, 11) is 0. The van der Waals surface area contributed by atoms with Gasteiger partial charge in [-0.2, -0.15) is 0 Å². The predicted octanol–water partition coefficient (Wildman–Crippen LogP) is 2.19. The van der Waals surface area contributed by atoms with Gasteiger partial charge in [-0.05, 0) is 18.6 Å². The summed E-state index contributed by atoms with van der Waals surface area (Å²) in [5.41, 5.74) is 0. The van der Waals surface area contributed by atoms with Gasteiger partial charge in [0.1, 0.15) is 0 Å². The number of hydrogen-bond acceptors (Lipinski definition) is 2. The first kappa shape index (κ1) is 10.4. The molecule has 0 atom stereocenters. The van der Waals surface area contributed by atoms with Gasteiger partial charge in [0.2, 0.25) is 0 Å². The van der Waals surface area contributed by atoms with Gasteiger partial charge in [-0.25, -0.2) is 9.80 Å². The van der Waals surface area contributed by atoms with Crippen molar-refractivity contribution in [3.05, 3.63) is 36.7 Å². The highest BCUT2D eigenvalue weighted by atomic mass is 16.4. The van der Waals surface area contributed by atoms with Crippen LogP contribution in [0.1, 0.15) is 13.3 Å². The SMILES string of the molecule is CCCN(C(=O)O)N1C=CC=CC=C1. The summed E-state index contributed by atoms with van der Waals surface area (Å²) in [6.07, 6.45) is 10.6. The van der Waals surface area contributed by atoms with Crippen LogP contribution in [0.5, 0.6) is 0 Å². The summed E-state index contributed by atoms with van der Waals surface area (Å²) in [5.74, 6) is 0. The van der Waals surface area contributed by atoms with E-state index in [1.54, 1.807) is 29.6 Å². The molecule has 1 heterocycles. The highest BCUT2D eigenvalue weighted by Crippen LogP contribution is 2.05. The number of nitrogens with zero attached hydrogens (tertiary/aromatic N) is 2. The molecule has 1 amide bonds. The minimum absolute atomic E-state index is 0.490. The van der Waals surface area contributed by atoms with Crippen LogP contribution in [0.2, 0.25) is 0 Å². The Morgan fingerprint density at radius 3 is 2.29 bits per heavy atom. The first-order valence-electron chi connectivity index (χ1n) is 4.56. The molecular formula is C10H14N2O2. The Balaban J connectivity index is 2.72. The molecule has 1 aliphatic rings. The predicted molar refractivity (Wildman–Crippen MR) is 54.3 cm³/mol. The third-order valence-electron chi connectivity index (χ3n) is 1.75. The molecule has 76 valence electrons. The topological polar surface area (TPSA) is 43.8 Å². The zero-order valence-corrected chi connectivity index (χ0v) is 8.13. The molecule has 0 aromatic carbocycles. The molecule has 0 bridgehead atoms. The first-order valence-corrected chi connectivity index (χ1v) is 4.56. The third-order valence-corrected chi connectivity index (χ3v) is 1.75. The molecule has 0 aromatic rings. The molecule has 14 heavy (non-hydrogen) atoms. The van der Waals surface area contributed by atoms with Crippen LogP contribution >= 0.6 is 0 Å². The molecule has 0 unspecified atom stereocenters. The number of allylic oxidation sites excluding steroid dienone is 4. The number of rotatable bonds is 3. The highest BCUT2D eigenvalue weighted by molar-refractivity contribution is 5.64. The lowest BCUT2D eigenvalue weighted by molar-refractivity contribution is 0.0611. The quantitative estimate of drug-likeness (QED) is 0.749. The second kappa shape index (κ2) is 5.11. The van der Waals surface area contributed by atoms with E-state index in [0.29, 0.717) is 6.54 Å². The molecule has 4 nitrogen and oxygen atoms in total. The highest BCUT2D eigenvalue weighted by Gasteiger charge is 2.14. The summed E-state index contributed by atoms with van der Waals surface area (Å²) in [6.45, 7) is 2.43. The van der Waals surface area contributed by atoms with Crippen molar-refractivity contribution in [1.82, 2.24) is 10.0 Å². The average molecular weight is 194 g/mol. The normalized spacial score (nSPS) is 14.2. The fourth-order valence-electron chi connectivity index (χ4n) is 1.14. The van der Waals surface area contributed by atoms with E-state index in [2.05, 4.69) is 0 Å². The number of hydrazine groups is 1. The van der Waals surface area contributed by atoms with E-state index < -0.39 is 6.09 Å². The number of carboxylic acid groups (broad SMARTS) is 1. The Labute approximate surface area is 83.4 Å². The summed E-state index contributed by atoms with van der Waals surface area (Å²) < 4.78 is 0. The fourth-order valence-corrected chi connectivity index (χ4v) is 1.14. The monoisotopic (exact) mass is 194 g/mol. The average Bonchev–Trinajstić information content (AvgIpc) is 2.41. The van der Waals surface area contributed by atoms with Gasteiger partial charge < -0.3 is 5.11 Å². The van der Waals surface area contributed by atoms with Crippen molar-refractivity contribution in [3.63, 3.8) is 0 Å². The lowest BCUT2D eigenvalue weighted by atomic mass is 10.5. The van der Waals surface area contributed by atoms with E-state index >= 15 is 0 Å². The minimum atomic E-state index is -0.942. The summed E-state index contributed by atoms with van der Waals surface area (Å²) in [6, 6.07) is 0. The van der Waals surface area contributed by atoms with Crippen molar-refractivity contribution in [3.8, 4) is 0 Å². The van der Waals surface area contributed by atoms with Crippen LogP contribution in [-0.4, -0.2) is 27.8 Å². The Kier molecular flexibility index (Phi) is 3.79. The lowest BCUT2D eigenvalue weighted by Crippen LogP contribution is -2.40. The molecule has 0 aliphatic carbocycles. The first-order chi connectivity index (χ1) is 6.75. The second-order valence-electron chi connectivity index (χ2n) is 2.85. The molecule has 1 aliphatic heterocycles. The van der Waals surface area contributed by atoms with E-state index in [0.717, 1.165) is 6.42 Å². The summed E-state index contributed by atoms with van der Waals surface area (Å²) >= 11 is 0. The zero-order chi connectivity index (χ0) is 10.4. The van der Waals surface area contributed by atoms with Crippen LogP contribution < -0.4 is 0 Å². The number of carbonyl (C=O) groups is 1.